The van der Waals surface area contributed by atoms with Gasteiger partial charge in [-0.3, -0.25) is 4.98 Å². The predicted octanol–water partition coefficient (Wildman–Crippen LogP) is 5.57. The van der Waals surface area contributed by atoms with Crippen molar-refractivity contribution in [1.29, 1.82) is 0 Å². The van der Waals surface area contributed by atoms with E-state index in [9.17, 15) is 4.39 Å². The second-order valence-electron chi connectivity index (χ2n) is 5.57. The molecule has 0 atom stereocenters. The van der Waals surface area contributed by atoms with Crippen LogP contribution in [0.25, 0.3) is 11.3 Å². The van der Waals surface area contributed by atoms with Crippen molar-refractivity contribution in [1.82, 2.24) is 4.98 Å². The number of aromatic nitrogens is 1. The van der Waals surface area contributed by atoms with Gasteiger partial charge in [-0.1, -0.05) is 45.2 Å². The Morgan fingerprint density at radius 3 is 2.33 bits per heavy atom. The third-order valence-electron chi connectivity index (χ3n) is 3.74. The van der Waals surface area contributed by atoms with Gasteiger partial charge in [-0.05, 0) is 48.6 Å². The first-order chi connectivity index (χ1) is 10.2. The first kappa shape index (κ1) is 15.7. The summed E-state index contributed by atoms with van der Waals surface area (Å²) in [7, 11) is 0. The van der Waals surface area contributed by atoms with Gasteiger partial charge in [0.1, 0.15) is 5.82 Å². The molecule has 1 nitrogen and oxygen atoms in total. The van der Waals surface area contributed by atoms with Gasteiger partial charge >= 0.3 is 0 Å². The van der Waals surface area contributed by atoms with Crippen LogP contribution in [0, 0.1) is 5.82 Å². The standard InChI is InChI=1S/C19H24FN/c1-3-5-6-8-16-10-12-19(21-14-16)17-11-9-15(7-4-2)13-18(17)20/h9-14H,3-8H2,1-2H3. The highest BCUT2D eigenvalue weighted by molar-refractivity contribution is 5.60. The largest absolute Gasteiger partial charge is 0.256 e. The monoisotopic (exact) mass is 285 g/mol. The molecule has 1 aromatic heterocycles. The molecule has 21 heavy (non-hydrogen) atoms. The highest BCUT2D eigenvalue weighted by Crippen LogP contribution is 2.23. The first-order valence-electron chi connectivity index (χ1n) is 7.98. The molecule has 0 radical (unpaired) electrons. The zero-order valence-corrected chi connectivity index (χ0v) is 13.0. The molecule has 2 heteroatoms. The summed E-state index contributed by atoms with van der Waals surface area (Å²) in [5.41, 5.74) is 3.59. The number of nitrogens with zero attached hydrogens (tertiary/aromatic N) is 1. The van der Waals surface area contributed by atoms with E-state index < -0.39 is 0 Å². The second-order valence-corrected chi connectivity index (χ2v) is 5.57. The summed E-state index contributed by atoms with van der Waals surface area (Å²) in [6, 6.07) is 9.48. The van der Waals surface area contributed by atoms with Gasteiger partial charge in [0.15, 0.2) is 0 Å². The molecule has 0 amide bonds. The Hall–Kier alpha value is -1.70. The quantitative estimate of drug-likeness (QED) is 0.606. The Morgan fingerprint density at radius 2 is 1.71 bits per heavy atom. The van der Waals surface area contributed by atoms with Crippen LogP contribution in [0.2, 0.25) is 0 Å². The van der Waals surface area contributed by atoms with Gasteiger partial charge in [0.05, 0.1) is 5.69 Å². The van der Waals surface area contributed by atoms with E-state index in [0.717, 1.165) is 30.5 Å². The topological polar surface area (TPSA) is 12.9 Å². The van der Waals surface area contributed by atoms with E-state index in [1.807, 2.05) is 24.4 Å². The number of rotatable bonds is 7. The Balaban J connectivity index is 2.11. The molecular weight excluding hydrogens is 261 g/mol. The van der Waals surface area contributed by atoms with Crippen molar-refractivity contribution in [3.05, 3.63) is 53.5 Å². The smallest absolute Gasteiger partial charge is 0.132 e. The Bertz CT molecular complexity index is 560. The molecule has 2 rings (SSSR count). The van der Waals surface area contributed by atoms with Gasteiger partial charge in [0, 0.05) is 11.8 Å². The van der Waals surface area contributed by atoms with E-state index >= 15 is 0 Å². The Labute approximate surface area is 127 Å². The first-order valence-corrected chi connectivity index (χ1v) is 7.98. The van der Waals surface area contributed by atoms with E-state index in [2.05, 4.69) is 24.9 Å². The van der Waals surface area contributed by atoms with Gasteiger partial charge < -0.3 is 0 Å². The minimum absolute atomic E-state index is 0.174. The summed E-state index contributed by atoms with van der Waals surface area (Å²) in [4.78, 5) is 4.42. The van der Waals surface area contributed by atoms with Crippen LogP contribution in [0.3, 0.4) is 0 Å². The average molecular weight is 285 g/mol. The lowest BCUT2D eigenvalue weighted by Gasteiger charge is -2.07. The van der Waals surface area contributed by atoms with Crippen molar-refractivity contribution in [2.45, 2.75) is 52.4 Å². The van der Waals surface area contributed by atoms with Gasteiger partial charge in [0.25, 0.3) is 0 Å². The molecule has 1 heterocycles. The van der Waals surface area contributed by atoms with Gasteiger partial charge in [0.2, 0.25) is 0 Å². The predicted molar refractivity (Wildman–Crippen MR) is 86.9 cm³/mol. The lowest BCUT2D eigenvalue weighted by Crippen LogP contribution is -1.93. The fourth-order valence-corrected chi connectivity index (χ4v) is 2.52. The normalized spacial score (nSPS) is 10.8. The van der Waals surface area contributed by atoms with E-state index in [-0.39, 0.29) is 5.82 Å². The highest BCUT2D eigenvalue weighted by atomic mass is 19.1. The van der Waals surface area contributed by atoms with Crippen molar-refractivity contribution in [3.63, 3.8) is 0 Å². The number of aryl methyl sites for hydroxylation is 2. The molecule has 0 saturated carbocycles. The van der Waals surface area contributed by atoms with Gasteiger partial charge in [-0.2, -0.15) is 0 Å². The number of halogens is 1. The third kappa shape index (κ3) is 4.38. The molecule has 0 aliphatic heterocycles. The van der Waals surface area contributed by atoms with Crippen molar-refractivity contribution < 1.29 is 4.39 Å². The van der Waals surface area contributed by atoms with Crippen LogP contribution in [-0.2, 0) is 12.8 Å². The second kappa shape index (κ2) is 7.92. The zero-order valence-electron chi connectivity index (χ0n) is 13.0. The molecule has 0 aliphatic rings. The molecule has 0 aliphatic carbocycles. The minimum atomic E-state index is -0.174. The molecule has 0 fully saturated rings. The fourth-order valence-electron chi connectivity index (χ4n) is 2.52. The van der Waals surface area contributed by atoms with Crippen molar-refractivity contribution in [2.24, 2.45) is 0 Å². The van der Waals surface area contributed by atoms with Crippen LogP contribution < -0.4 is 0 Å². The fraction of sp³-hybridized carbons (Fsp3) is 0.421. The number of hydrogen-bond donors (Lipinski definition) is 0. The summed E-state index contributed by atoms with van der Waals surface area (Å²) in [5.74, 6) is -0.174. The molecule has 0 spiro atoms. The zero-order chi connectivity index (χ0) is 15.1. The molecule has 0 N–H and O–H groups in total. The van der Waals surface area contributed by atoms with Gasteiger partial charge in [-0.15, -0.1) is 0 Å². The number of unbranched alkanes of at least 4 members (excludes halogenated alkanes) is 2. The van der Waals surface area contributed by atoms with Crippen LogP contribution in [0.5, 0.6) is 0 Å². The molecule has 0 saturated heterocycles. The highest BCUT2D eigenvalue weighted by Gasteiger charge is 2.07. The molecule has 0 bridgehead atoms. The lowest BCUT2D eigenvalue weighted by atomic mass is 10.0. The van der Waals surface area contributed by atoms with E-state index in [0.29, 0.717) is 5.56 Å². The average Bonchev–Trinajstić information content (AvgIpc) is 2.49. The summed E-state index contributed by atoms with van der Waals surface area (Å²) in [6.07, 6.45) is 8.54. The molecule has 2 aromatic rings. The van der Waals surface area contributed by atoms with Gasteiger partial charge in [-0.25, -0.2) is 4.39 Å². The lowest BCUT2D eigenvalue weighted by molar-refractivity contribution is 0.628. The van der Waals surface area contributed by atoms with Crippen LogP contribution >= 0.6 is 0 Å². The molecule has 112 valence electrons. The van der Waals surface area contributed by atoms with E-state index in [1.165, 1.54) is 24.8 Å². The maximum absolute atomic E-state index is 14.2. The third-order valence-corrected chi connectivity index (χ3v) is 3.74. The molecule has 0 unspecified atom stereocenters. The van der Waals surface area contributed by atoms with Crippen LogP contribution in [0.1, 0.15) is 50.7 Å². The van der Waals surface area contributed by atoms with Crippen molar-refractivity contribution >= 4 is 0 Å². The van der Waals surface area contributed by atoms with Crippen LogP contribution in [0.15, 0.2) is 36.5 Å². The van der Waals surface area contributed by atoms with E-state index in [4.69, 9.17) is 0 Å². The summed E-state index contributed by atoms with van der Waals surface area (Å²) in [6.45, 7) is 4.30. The summed E-state index contributed by atoms with van der Waals surface area (Å²) < 4.78 is 14.2. The van der Waals surface area contributed by atoms with Crippen LogP contribution in [0.4, 0.5) is 4.39 Å². The maximum Gasteiger partial charge on any atom is 0.132 e. The van der Waals surface area contributed by atoms with E-state index in [1.54, 1.807) is 6.07 Å². The molecule has 1 aromatic carbocycles. The Morgan fingerprint density at radius 1 is 0.905 bits per heavy atom. The van der Waals surface area contributed by atoms with Crippen molar-refractivity contribution in [3.8, 4) is 11.3 Å². The summed E-state index contributed by atoms with van der Waals surface area (Å²) in [5, 5.41) is 0. The summed E-state index contributed by atoms with van der Waals surface area (Å²) >= 11 is 0. The number of pyridine rings is 1. The van der Waals surface area contributed by atoms with Crippen molar-refractivity contribution in [2.75, 3.05) is 0 Å². The maximum atomic E-state index is 14.2. The van der Waals surface area contributed by atoms with Crippen LogP contribution in [-0.4, -0.2) is 4.98 Å². The minimum Gasteiger partial charge on any atom is -0.256 e. The number of benzene rings is 1. The SMILES string of the molecule is CCCCCc1ccc(-c2ccc(CCC)cc2F)nc1. The number of hydrogen-bond acceptors (Lipinski definition) is 1. The molecular formula is C19H24FN. The Kier molecular flexibility index (Phi) is 5.91.